The van der Waals surface area contributed by atoms with E-state index < -0.39 is 90.4 Å². The normalized spacial score (nSPS) is 14.1. The molecule has 0 bridgehead atoms. The average Bonchev–Trinajstić information content (AvgIpc) is 2.99. The van der Waals surface area contributed by atoms with Crippen molar-refractivity contribution in [2.45, 2.75) is 104 Å². The fourth-order valence-electron chi connectivity index (χ4n) is 4.75. The Morgan fingerprint density at radius 2 is 1.10 bits per heavy atom. The van der Waals surface area contributed by atoms with Gasteiger partial charge in [0.05, 0.1) is 12.8 Å². The summed E-state index contributed by atoms with van der Waals surface area (Å²) in [5, 5.41) is 30.8. The number of amides is 6. The number of rotatable bonds is 21. The summed E-state index contributed by atoms with van der Waals surface area (Å²) < 4.78 is 0. The zero-order chi connectivity index (χ0) is 37.4. The molecular formula is C33H50N6O10. The van der Waals surface area contributed by atoms with Crippen LogP contribution in [0.4, 0.5) is 0 Å². The number of primary amides is 1. The van der Waals surface area contributed by atoms with Crippen LogP contribution in [0, 0.1) is 17.8 Å². The van der Waals surface area contributed by atoms with Gasteiger partial charge in [0, 0.05) is 6.42 Å². The number of carbonyl (C=O) groups excluding carboxylic acids is 6. The number of carboxylic acid groups (broad SMARTS) is 2. The Morgan fingerprint density at radius 3 is 1.57 bits per heavy atom. The topological polar surface area (TPSA) is 263 Å². The first-order valence-electron chi connectivity index (χ1n) is 16.1. The molecule has 1 aromatic rings. The van der Waals surface area contributed by atoms with Gasteiger partial charge in [-0.25, -0.2) is 4.79 Å². The van der Waals surface area contributed by atoms with Crippen LogP contribution in [-0.4, -0.2) is 87.8 Å². The Bertz CT molecular complexity index is 1330. The Morgan fingerprint density at radius 1 is 0.633 bits per heavy atom. The molecule has 5 atom stereocenters. The average molecular weight is 691 g/mol. The maximum atomic E-state index is 13.4. The van der Waals surface area contributed by atoms with Crippen LogP contribution in [0.5, 0.6) is 0 Å². The molecule has 0 spiro atoms. The Balaban J connectivity index is 3.10. The van der Waals surface area contributed by atoms with Gasteiger partial charge < -0.3 is 42.5 Å². The van der Waals surface area contributed by atoms with E-state index >= 15 is 0 Å². The summed E-state index contributed by atoms with van der Waals surface area (Å²) in [5.74, 6) is -9.16. The molecule has 9 N–H and O–H groups in total. The monoisotopic (exact) mass is 690 g/mol. The molecule has 16 heteroatoms. The van der Waals surface area contributed by atoms with Gasteiger partial charge in [-0.1, -0.05) is 71.9 Å². The lowest BCUT2D eigenvalue weighted by Crippen LogP contribution is -2.61. The molecule has 272 valence electrons. The molecule has 0 aliphatic carbocycles. The van der Waals surface area contributed by atoms with E-state index in [0.29, 0.717) is 6.42 Å². The van der Waals surface area contributed by atoms with E-state index in [-0.39, 0.29) is 30.6 Å². The van der Waals surface area contributed by atoms with E-state index in [1.54, 1.807) is 41.5 Å². The highest BCUT2D eigenvalue weighted by Gasteiger charge is 2.35. The zero-order valence-electron chi connectivity index (χ0n) is 28.8. The number of aliphatic carboxylic acids is 2. The first-order chi connectivity index (χ1) is 22.8. The van der Waals surface area contributed by atoms with Gasteiger partial charge in [0.15, 0.2) is 0 Å². The third-order valence-corrected chi connectivity index (χ3v) is 7.37. The van der Waals surface area contributed by atoms with Crippen LogP contribution >= 0.6 is 0 Å². The van der Waals surface area contributed by atoms with E-state index in [1.807, 2.05) is 30.3 Å². The molecule has 0 unspecified atom stereocenters. The summed E-state index contributed by atoms with van der Waals surface area (Å²) in [6.45, 7) is 10.1. The highest BCUT2D eigenvalue weighted by molar-refractivity contribution is 5.98. The molecule has 1 aromatic carbocycles. The lowest BCUT2D eigenvalue weighted by molar-refractivity contribution is -0.144. The van der Waals surface area contributed by atoms with Crippen LogP contribution in [0.15, 0.2) is 30.3 Å². The van der Waals surface area contributed by atoms with Crippen molar-refractivity contribution in [3.63, 3.8) is 0 Å². The summed E-state index contributed by atoms with van der Waals surface area (Å²) in [4.78, 5) is 101. The van der Waals surface area contributed by atoms with Gasteiger partial charge in [-0.3, -0.25) is 33.6 Å². The van der Waals surface area contributed by atoms with Crippen LogP contribution < -0.4 is 32.3 Å². The molecule has 0 saturated carbocycles. The molecule has 1 rings (SSSR count). The van der Waals surface area contributed by atoms with Crippen molar-refractivity contribution in [1.82, 2.24) is 26.6 Å². The quantitative estimate of drug-likeness (QED) is 0.0845. The second kappa shape index (κ2) is 20.4. The summed E-state index contributed by atoms with van der Waals surface area (Å²) in [6, 6.07) is 2.19. The van der Waals surface area contributed by atoms with Gasteiger partial charge in [-0.15, -0.1) is 0 Å². The standard InChI is InChI=1S/C33H50N6O10/c1-17(2)14-23(33(48)49)37-30(45)22(16-26(42)43)35-29(44)21(15-24(34)40)36-31(46)28(19(5)6)39-32(47)27(18(3)4)38-25(41)13-12-20-10-8-7-9-11-20/h7-11,17-19,21-23,27-28H,12-16H2,1-6H3,(H2,34,40)(H,35,44)(H,36,46)(H,37,45)(H,38,41)(H,39,47)(H,42,43)(H,48,49)/t21-,22-,23-,27-,28-/m0/s1. The molecule has 6 amide bonds. The van der Waals surface area contributed by atoms with Crippen LogP contribution in [0.25, 0.3) is 0 Å². The van der Waals surface area contributed by atoms with E-state index in [9.17, 15) is 48.6 Å². The van der Waals surface area contributed by atoms with Crippen LogP contribution in [0.3, 0.4) is 0 Å². The van der Waals surface area contributed by atoms with Crippen LogP contribution in [0.1, 0.15) is 72.8 Å². The van der Waals surface area contributed by atoms with E-state index in [2.05, 4.69) is 26.6 Å². The first-order valence-corrected chi connectivity index (χ1v) is 16.1. The predicted molar refractivity (Wildman–Crippen MR) is 177 cm³/mol. The van der Waals surface area contributed by atoms with Crippen molar-refractivity contribution < 1.29 is 48.6 Å². The molecule has 0 aliphatic heterocycles. The van der Waals surface area contributed by atoms with Crippen molar-refractivity contribution in [2.24, 2.45) is 23.5 Å². The molecular weight excluding hydrogens is 640 g/mol. The third-order valence-electron chi connectivity index (χ3n) is 7.37. The minimum Gasteiger partial charge on any atom is -0.481 e. The number of nitrogens with two attached hydrogens (primary N) is 1. The molecule has 0 fully saturated rings. The molecule has 0 aliphatic rings. The number of hydrogen-bond acceptors (Lipinski definition) is 8. The van der Waals surface area contributed by atoms with Gasteiger partial charge in [0.1, 0.15) is 30.2 Å². The maximum Gasteiger partial charge on any atom is 0.326 e. The van der Waals surface area contributed by atoms with E-state index in [4.69, 9.17) is 5.73 Å². The lowest BCUT2D eigenvalue weighted by Gasteiger charge is -2.29. The molecule has 0 radical (unpaired) electrons. The van der Waals surface area contributed by atoms with Gasteiger partial charge in [-0.2, -0.15) is 0 Å². The maximum absolute atomic E-state index is 13.4. The van der Waals surface area contributed by atoms with E-state index in [1.165, 1.54) is 0 Å². The van der Waals surface area contributed by atoms with Gasteiger partial charge in [0.2, 0.25) is 35.4 Å². The van der Waals surface area contributed by atoms with Crippen LogP contribution in [-0.2, 0) is 44.8 Å². The fraction of sp³-hybridized carbons (Fsp3) is 0.576. The number of carbonyl (C=O) groups is 8. The summed E-state index contributed by atoms with van der Waals surface area (Å²) >= 11 is 0. The molecule has 0 aromatic heterocycles. The number of hydrogen-bond donors (Lipinski definition) is 8. The van der Waals surface area contributed by atoms with Crippen LogP contribution in [0.2, 0.25) is 0 Å². The molecule has 0 heterocycles. The van der Waals surface area contributed by atoms with Gasteiger partial charge in [-0.05, 0) is 36.2 Å². The minimum atomic E-state index is -1.77. The largest absolute Gasteiger partial charge is 0.481 e. The summed E-state index contributed by atoms with van der Waals surface area (Å²) in [7, 11) is 0. The van der Waals surface area contributed by atoms with Gasteiger partial charge >= 0.3 is 11.9 Å². The van der Waals surface area contributed by atoms with E-state index in [0.717, 1.165) is 5.56 Å². The molecule has 0 saturated heterocycles. The number of aryl methyl sites for hydroxylation is 1. The molecule has 49 heavy (non-hydrogen) atoms. The smallest absolute Gasteiger partial charge is 0.326 e. The van der Waals surface area contributed by atoms with Crippen molar-refractivity contribution >= 4 is 47.4 Å². The second-order valence-corrected chi connectivity index (χ2v) is 12.9. The minimum absolute atomic E-state index is 0.0204. The lowest BCUT2D eigenvalue weighted by atomic mass is 9.98. The SMILES string of the molecule is CC(C)C[C@H](NC(=O)[C@H](CC(=O)O)NC(=O)[C@H](CC(N)=O)NC(=O)[C@@H](NC(=O)[C@@H](NC(=O)CCc1ccccc1)C(C)C)C(C)C)C(=O)O. The summed E-state index contributed by atoms with van der Waals surface area (Å²) in [6.07, 6.45) is -1.11. The Kier molecular flexibility index (Phi) is 17.5. The number of nitrogens with one attached hydrogen (secondary N) is 5. The van der Waals surface area contributed by atoms with Crippen molar-refractivity contribution in [1.29, 1.82) is 0 Å². The highest BCUT2D eigenvalue weighted by atomic mass is 16.4. The predicted octanol–water partition coefficient (Wildman–Crippen LogP) is -0.164. The van der Waals surface area contributed by atoms with Crippen molar-refractivity contribution in [3.05, 3.63) is 35.9 Å². The Labute approximate surface area is 285 Å². The zero-order valence-corrected chi connectivity index (χ0v) is 28.8. The highest BCUT2D eigenvalue weighted by Crippen LogP contribution is 2.10. The fourth-order valence-corrected chi connectivity index (χ4v) is 4.75. The van der Waals surface area contributed by atoms with Crippen molar-refractivity contribution in [3.8, 4) is 0 Å². The second-order valence-electron chi connectivity index (χ2n) is 12.9. The molecule has 16 nitrogen and oxygen atoms in total. The van der Waals surface area contributed by atoms with Gasteiger partial charge in [0.25, 0.3) is 0 Å². The van der Waals surface area contributed by atoms with Crippen molar-refractivity contribution in [2.75, 3.05) is 0 Å². The first kappa shape index (κ1) is 42.0. The third kappa shape index (κ3) is 15.6. The summed E-state index contributed by atoms with van der Waals surface area (Å²) in [5.41, 5.74) is 6.25. The number of benzene rings is 1. The number of carboxylic acids is 2. The Hall–Kier alpha value is -5.02.